The van der Waals surface area contributed by atoms with Crippen molar-refractivity contribution < 1.29 is 73.8 Å². The summed E-state index contributed by atoms with van der Waals surface area (Å²) in [4.78, 5) is 25.7. The molecule has 2 rings (SSSR count). The molecular formula is C51H86O15. The summed E-state index contributed by atoms with van der Waals surface area (Å²) in [5.41, 5.74) is 0. The minimum Gasteiger partial charge on any atom is -0.462 e. The van der Waals surface area contributed by atoms with Gasteiger partial charge in [0.1, 0.15) is 55.4 Å². The summed E-state index contributed by atoms with van der Waals surface area (Å²) in [6.45, 7) is 2.40. The predicted molar refractivity (Wildman–Crippen MR) is 252 cm³/mol. The molecule has 15 nitrogen and oxygen atoms in total. The lowest BCUT2D eigenvalue weighted by molar-refractivity contribution is -0.332. The van der Waals surface area contributed by atoms with Crippen molar-refractivity contribution in [3.8, 4) is 0 Å². The highest BCUT2D eigenvalue weighted by molar-refractivity contribution is 5.70. The van der Waals surface area contributed by atoms with Gasteiger partial charge in [-0.05, 0) is 77.0 Å². The van der Waals surface area contributed by atoms with Crippen molar-refractivity contribution in [1.82, 2.24) is 0 Å². The lowest BCUT2D eigenvalue weighted by Crippen LogP contribution is -2.61. The van der Waals surface area contributed by atoms with Crippen molar-refractivity contribution in [3.63, 3.8) is 0 Å². The number of aliphatic hydroxyl groups is 7. The van der Waals surface area contributed by atoms with E-state index in [0.717, 1.165) is 77.0 Å². The summed E-state index contributed by atoms with van der Waals surface area (Å²) < 4.78 is 33.5. The topological polar surface area (TPSA) is 231 Å². The Hall–Kier alpha value is -2.80. The fraction of sp³-hybridized carbons (Fsp3) is 0.765. The van der Waals surface area contributed by atoms with Gasteiger partial charge in [0.2, 0.25) is 0 Å². The van der Waals surface area contributed by atoms with Gasteiger partial charge in [0.05, 0.1) is 19.8 Å². The van der Waals surface area contributed by atoms with Crippen LogP contribution >= 0.6 is 0 Å². The first-order chi connectivity index (χ1) is 32.0. The SMILES string of the molecule is CC/C=C\C/C=C\C/C=C\C/C=C\CCCCC(=O)OC(COC(=O)CCCCCCC/C=C\CCCCCCCC)COC1OC(COC2OC(CO)C(O)C(O)C2O)C(O)C(O)C1O. The van der Waals surface area contributed by atoms with Crippen LogP contribution in [0.4, 0.5) is 0 Å². The Labute approximate surface area is 394 Å². The second-order valence-electron chi connectivity index (χ2n) is 17.3. The quantitative estimate of drug-likeness (QED) is 0.0201. The molecule has 11 unspecified atom stereocenters. The number of rotatable bonds is 37. The molecule has 2 saturated heterocycles. The average molecular weight is 939 g/mol. The van der Waals surface area contributed by atoms with Crippen LogP contribution in [0.2, 0.25) is 0 Å². The Kier molecular flexibility index (Phi) is 34.2. The Morgan fingerprint density at radius 3 is 1.55 bits per heavy atom. The maximum Gasteiger partial charge on any atom is 0.306 e. The van der Waals surface area contributed by atoms with Crippen molar-refractivity contribution in [3.05, 3.63) is 60.8 Å². The first kappa shape index (κ1) is 59.3. The summed E-state index contributed by atoms with van der Waals surface area (Å²) in [5, 5.41) is 72.0. The zero-order valence-electron chi connectivity index (χ0n) is 39.9. The summed E-state index contributed by atoms with van der Waals surface area (Å²) >= 11 is 0. The van der Waals surface area contributed by atoms with Crippen LogP contribution in [-0.4, -0.2) is 142 Å². The van der Waals surface area contributed by atoms with Crippen molar-refractivity contribution in [1.29, 1.82) is 0 Å². The molecule has 2 fully saturated rings. The fourth-order valence-electron chi connectivity index (χ4n) is 7.38. The number of aliphatic hydroxyl groups excluding tert-OH is 7. The lowest BCUT2D eigenvalue weighted by atomic mass is 9.98. The highest BCUT2D eigenvalue weighted by Gasteiger charge is 2.47. The van der Waals surface area contributed by atoms with E-state index in [1.165, 1.54) is 38.5 Å². The van der Waals surface area contributed by atoms with E-state index >= 15 is 0 Å². The average Bonchev–Trinajstić information content (AvgIpc) is 3.31. The van der Waals surface area contributed by atoms with Gasteiger partial charge in [-0.2, -0.15) is 0 Å². The summed E-state index contributed by atoms with van der Waals surface area (Å²) in [6.07, 6.45) is 25.4. The summed E-state index contributed by atoms with van der Waals surface area (Å²) in [5.74, 6) is -0.988. The third-order valence-corrected chi connectivity index (χ3v) is 11.5. The second-order valence-corrected chi connectivity index (χ2v) is 17.3. The number of unbranched alkanes of at least 4 members (excludes halogenated alkanes) is 13. The molecule has 2 aliphatic heterocycles. The zero-order chi connectivity index (χ0) is 48.2. The zero-order valence-corrected chi connectivity index (χ0v) is 39.9. The normalized spacial score (nSPS) is 26.7. The van der Waals surface area contributed by atoms with E-state index in [9.17, 15) is 45.3 Å². The van der Waals surface area contributed by atoms with Crippen LogP contribution in [0.3, 0.4) is 0 Å². The van der Waals surface area contributed by atoms with Gasteiger partial charge in [-0.3, -0.25) is 9.59 Å². The van der Waals surface area contributed by atoms with E-state index in [-0.39, 0.29) is 19.4 Å². The number of allylic oxidation sites excluding steroid dienone is 10. The van der Waals surface area contributed by atoms with Crippen molar-refractivity contribution >= 4 is 11.9 Å². The molecule has 2 heterocycles. The third kappa shape index (κ3) is 26.1. The fourth-order valence-corrected chi connectivity index (χ4v) is 7.38. The monoisotopic (exact) mass is 939 g/mol. The molecule has 0 radical (unpaired) electrons. The first-order valence-electron chi connectivity index (χ1n) is 24.9. The molecule has 66 heavy (non-hydrogen) atoms. The minimum atomic E-state index is -1.78. The van der Waals surface area contributed by atoms with Crippen molar-refractivity contribution in [2.45, 2.75) is 223 Å². The molecule has 7 N–H and O–H groups in total. The molecular weight excluding hydrogens is 853 g/mol. The molecule has 2 aliphatic rings. The third-order valence-electron chi connectivity index (χ3n) is 11.5. The molecule has 0 aromatic carbocycles. The molecule has 0 aliphatic carbocycles. The van der Waals surface area contributed by atoms with E-state index in [0.29, 0.717) is 12.8 Å². The van der Waals surface area contributed by atoms with Crippen molar-refractivity contribution in [2.75, 3.05) is 26.4 Å². The van der Waals surface area contributed by atoms with Gasteiger partial charge in [-0.25, -0.2) is 0 Å². The number of ether oxygens (including phenoxy) is 6. The van der Waals surface area contributed by atoms with Gasteiger partial charge >= 0.3 is 11.9 Å². The Balaban J connectivity index is 1.85. The Bertz CT molecular complexity index is 1380. The number of hydrogen-bond donors (Lipinski definition) is 7. The second kappa shape index (κ2) is 38.1. The molecule has 0 aromatic rings. The van der Waals surface area contributed by atoms with Crippen LogP contribution in [0.1, 0.15) is 155 Å². The van der Waals surface area contributed by atoms with Gasteiger partial charge in [-0.1, -0.05) is 126 Å². The summed E-state index contributed by atoms with van der Waals surface area (Å²) in [7, 11) is 0. The van der Waals surface area contributed by atoms with Crippen LogP contribution in [0, 0.1) is 0 Å². The van der Waals surface area contributed by atoms with Gasteiger partial charge in [0.15, 0.2) is 18.7 Å². The van der Waals surface area contributed by atoms with E-state index in [2.05, 4.69) is 74.6 Å². The van der Waals surface area contributed by atoms with Gasteiger partial charge in [0.25, 0.3) is 0 Å². The van der Waals surface area contributed by atoms with E-state index in [1.807, 2.05) is 0 Å². The highest BCUT2D eigenvalue weighted by Crippen LogP contribution is 2.26. The van der Waals surface area contributed by atoms with Gasteiger partial charge in [0, 0.05) is 12.8 Å². The maximum absolute atomic E-state index is 13.0. The van der Waals surface area contributed by atoms with E-state index in [1.54, 1.807) is 0 Å². The standard InChI is InChI=1S/C51H86O15/c1-3-5-7-9-11-13-15-17-19-21-23-25-27-29-31-33-42(53)61-36-39(64-43(54)34-32-30-28-26-24-22-20-18-16-14-12-10-8-6-4-2)37-62-50-49(60)47(58)45(56)41(66-50)38-63-51-48(59)46(57)44(55)40(35-52)65-51/h6,8,12,14,17-20,24,26,39-41,44-52,55-60H,3-5,7,9-11,13,15-16,21-23,25,27-38H2,1-2H3/b8-6-,14-12-,19-17-,20-18-,26-24-. The molecule has 15 heteroatoms. The van der Waals surface area contributed by atoms with E-state index in [4.69, 9.17) is 28.4 Å². The predicted octanol–water partition coefficient (Wildman–Crippen LogP) is 6.49. The minimum absolute atomic E-state index is 0.109. The van der Waals surface area contributed by atoms with Crippen LogP contribution < -0.4 is 0 Å². The van der Waals surface area contributed by atoms with Gasteiger partial charge in [-0.15, -0.1) is 0 Å². The van der Waals surface area contributed by atoms with E-state index < -0.39 is 99.3 Å². The van der Waals surface area contributed by atoms with Gasteiger partial charge < -0.3 is 64.2 Å². The first-order valence-corrected chi connectivity index (χ1v) is 24.9. The highest BCUT2D eigenvalue weighted by atomic mass is 16.7. The Morgan fingerprint density at radius 1 is 0.500 bits per heavy atom. The number of carbonyl (C=O) groups is 2. The Morgan fingerprint density at radius 2 is 0.955 bits per heavy atom. The molecule has 380 valence electrons. The van der Waals surface area contributed by atoms with Crippen LogP contribution in [0.25, 0.3) is 0 Å². The molecule has 11 atom stereocenters. The molecule has 0 bridgehead atoms. The lowest BCUT2D eigenvalue weighted by Gasteiger charge is -2.42. The largest absolute Gasteiger partial charge is 0.462 e. The van der Waals surface area contributed by atoms with Crippen LogP contribution in [0.5, 0.6) is 0 Å². The molecule has 0 spiro atoms. The molecule has 0 amide bonds. The number of hydrogen-bond acceptors (Lipinski definition) is 15. The number of carbonyl (C=O) groups excluding carboxylic acids is 2. The maximum atomic E-state index is 13.0. The molecule has 0 saturated carbocycles. The van der Waals surface area contributed by atoms with Crippen LogP contribution in [0.15, 0.2) is 60.8 Å². The smallest absolute Gasteiger partial charge is 0.306 e. The van der Waals surface area contributed by atoms with Crippen molar-refractivity contribution in [2.24, 2.45) is 0 Å². The molecule has 0 aromatic heterocycles. The number of esters is 2. The summed E-state index contributed by atoms with van der Waals surface area (Å²) in [6, 6.07) is 0. The van der Waals surface area contributed by atoms with Crippen LogP contribution in [-0.2, 0) is 38.0 Å².